The van der Waals surface area contributed by atoms with E-state index in [1.807, 2.05) is 56.0 Å². The molecule has 1 N–H and O–H groups in total. The smallest absolute Gasteiger partial charge is 0.344 e. The van der Waals surface area contributed by atoms with Crippen LogP contribution in [0.25, 0.3) is 16.7 Å². The van der Waals surface area contributed by atoms with Crippen molar-refractivity contribution < 1.29 is 19.1 Å². The van der Waals surface area contributed by atoms with Gasteiger partial charge in [-0.25, -0.2) is 4.79 Å². The molecular formula is C34H44N4O4. The van der Waals surface area contributed by atoms with Gasteiger partial charge in [0.25, 0.3) is 5.91 Å². The van der Waals surface area contributed by atoms with Gasteiger partial charge < -0.3 is 19.7 Å². The average Bonchev–Trinajstić information content (AvgIpc) is 3.04. The molecule has 3 rings (SSSR count). The number of methoxy groups -OCH3 is 2. The zero-order valence-corrected chi connectivity index (χ0v) is 25.8. The Kier molecular flexibility index (Phi) is 12.0. The number of likely N-dealkylation sites (tertiary alicyclic amines) is 1. The molecule has 2 aromatic rings. The Bertz CT molecular complexity index is 1320. The minimum absolute atomic E-state index is 0.121. The van der Waals surface area contributed by atoms with Gasteiger partial charge in [0.05, 0.1) is 19.8 Å². The highest BCUT2D eigenvalue weighted by Gasteiger charge is 2.30. The summed E-state index contributed by atoms with van der Waals surface area (Å²) in [6.45, 7) is 10.5. The van der Waals surface area contributed by atoms with E-state index in [4.69, 9.17) is 9.47 Å². The number of rotatable bonds is 11. The number of carbonyl (C=O) groups is 2. The molecule has 42 heavy (non-hydrogen) atoms. The summed E-state index contributed by atoms with van der Waals surface area (Å²) in [4.78, 5) is 27.9. The van der Waals surface area contributed by atoms with Gasteiger partial charge in [-0.05, 0) is 74.8 Å². The Labute approximate surface area is 250 Å². The summed E-state index contributed by atoms with van der Waals surface area (Å²) < 4.78 is 11.3. The fourth-order valence-electron chi connectivity index (χ4n) is 5.36. The number of hydrogen-bond donors (Lipinski definition) is 1. The summed E-state index contributed by atoms with van der Waals surface area (Å²) in [5.74, 6) is 0.842. The van der Waals surface area contributed by atoms with Crippen LogP contribution in [0.5, 0.6) is 11.5 Å². The SMILES string of the molecule is C=NN(/C=C(\CC)c1ccc(-c2c(OC)cc(C(=O)NC)cc2OC)cc1)C(=O)N1CCCCC1CC(/C=C\C)=C/C. The highest BCUT2D eigenvalue weighted by Crippen LogP contribution is 2.40. The zero-order valence-electron chi connectivity index (χ0n) is 25.8. The van der Waals surface area contributed by atoms with Crippen molar-refractivity contribution in [3.05, 3.63) is 77.5 Å². The van der Waals surface area contributed by atoms with Crippen molar-refractivity contribution in [3.63, 3.8) is 0 Å². The lowest BCUT2D eigenvalue weighted by molar-refractivity contribution is 0.0962. The maximum absolute atomic E-state index is 13.7. The minimum atomic E-state index is -0.225. The predicted molar refractivity (Wildman–Crippen MR) is 171 cm³/mol. The van der Waals surface area contributed by atoms with Crippen molar-refractivity contribution >= 4 is 24.2 Å². The van der Waals surface area contributed by atoms with Crippen molar-refractivity contribution in [1.29, 1.82) is 0 Å². The lowest BCUT2D eigenvalue weighted by Gasteiger charge is -2.37. The van der Waals surface area contributed by atoms with E-state index in [1.165, 1.54) is 10.6 Å². The molecule has 1 saturated heterocycles. The fraction of sp³-hybridized carbons (Fsp3) is 0.382. The standard InChI is InChI=1S/C34H44N4O4/c1-8-13-24(9-2)20-29-14-11-12-19-37(29)34(40)38(36-5)23-25(10-3)26-15-17-27(18-16-26)32-30(41-6)21-28(33(39)35-4)22-31(32)42-7/h8-9,13,15-18,21-23,29H,5,10-12,14,19-20H2,1-4,6-7H3,(H,35,39)/b13-8-,24-9+,25-23+. The Balaban J connectivity index is 1.91. The number of nitrogens with one attached hydrogen (secondary N) is 1. The summed E-state index contributed by atoms with van der Waals surface area (Å²) in [7, 11) is 4.72. The van der Waals surface area contributed by atoms with Crippen LogP contribution in [0.1, 0.15) is 68.8 Å². The molecule has 8 nitrogen and oxygen atoms in total. The molecule has 1 fully saturated rings. The molecule has 0 bridgehead atoms. The number of hydrazone groups is 1. The second-order valence-corrected chi connectivity index (χ2v) is 10.1. The van der Waals surface area contributed by atoms with Gasteiger partial charge in [0.15, 0.2) is 0 Å². The number of urea groups is 1. The van der Waals surface area contributed by atoms with Crippen molar-refractivity contribution in [2.24, 2.45) is 5.10 Å². The highest BCUT2D eigenvalue weighted by molar-refractivity contribution is 5.96. The van der Waals surface area contributed by atoms with E-state index in [9.17, 15) is 9.59 Å². The first-order valence-electron chi connectivity index (χ1n) is 14.5. The lowest BCUT2D eigenvalue weighted by atomic mass is 9.95. The molecule has 1 unspecified atom stereocenters. The number of allylic oxidation sites excluding steroid dienone is 4. The summed E-state index contributed by atoms with van der Waals surface area (Å²) in [5.41, 5.74) is 5.21. The summed E-state index contributed by atoms with van der Waals surface area (Å²) >= 11 is 0. The number of piperidine rings is 1. The van der Waals surface area contributed by atoms with Crippen LogP contribution in [0, 0.1) is 0 Å². The van der Waals surface area contributed by atoms with E-state index in [0.717, 1.165) is 47.9 Å². The third-order valence-electron chi connectivity index (χ3n) is 7.64. The first-order chi connectivity index (χ1) is 20.3. The average molecular weight is 573 g/mol. The van der Waals surface area contributed by atoms with Crippen LogP contribution in [0.15, 0.2) is 71.5 Å². The van der Waals surface area contributed by atoms with Crippen LogP contribution >= 0.6 is 0 Å². The molecule has 0 spiro atoms. The van der Waals surface area contributed by atoms with E-state index in [1.54, 1.807) is 39.6 Å². The zero-order chi connectivity index (χ0) is 30.6. The number of benzene rings is 2. The third-order valence-corrected chi connectivity index (χ3v) is 7.64. The van der Waals surface area contributed by atoms with Crippen molar-refractivity contribution in [1.82, 2.24) is 15.2 Å². The van der Waals surface area contributed by atoms with Gasteiger partial charge >= 0.3 is 6.03 Å². The van der Waals surface area contributed by atoms with Gasteiger partial charge in [-0.15, -0.1) is 0 Å². The topological polar surface area (TPSA) is 83.5 Å². The molecule has 3 amide bonds. The van der Waals surface area contributed by atoms with Crippen molar-refractivity contribution in [3.8, 4) is 22.6 Å². The van der Waals surface area contributed by atoms with Gasteiger partial charge in [0, 0.05) is 38.1 Å². The fourth-order valence-corrected chi connectivity index (χ4v) is 5.36. The molecule has 1 heterocycles. The number of ether oxygens (including phenoxy) is 2. The Morgan fingerprint density at radius 2 is 1.76 bits per heavy atom. The third kappa shape index (κ3) is 7.49. The molecule has 1 aliphatic heterocycles. The first-order valence-corrected chi connectivity index (χ1v) is 14.5. The molecule has 8 heteroatoms. The monoisotopic (exact) mass is 572 g/mol. The van der Waals surface area contributed by atoms with Crippen molar-refractivity contribution in [2.45, 2.75) is 58.9 Å². The van der Waals surface area contributed by atoms with Gasteiger partial charge in [0.2, 0.25) is 0 Å². The van der Waals surface area contributed by atoms with Gasteiger partial charge in [-0.2, -0.15) is 10.1 Å². The van der Waals surface area contributed by atoms with Crippen LogP contribution < -0.4 is 14.8 Å². The van der Waals surface area contributed by atoms with Crippen LogP contribution in [0.3, 0.4) is 0 Å². The lowest BCUT2D eigenvalue weighted by Crippen LogP contribution is -2.47. The summed E-state index contributed by atoms with van der Waals surface area (Å²) in [6.07, 6.45) is 12.6. The summed E-state index contributed by atoms with van der Waals surface area (Å²) in [6, 6.07) is 11.3. The van der Waals surface area contributed by atoms with E-state index >= 15 is 0 Å². The number of nitrogens with zero attached hydrogens (tertiary/aromatic N) is 3. The molecule has 0 aromatic heterocycles. The first kappa shape index (κ1) is 32.2. The van der Waals surface area contributed by atoms with E-state index < -0.39 is 0 Å². The van der Waals surface area contributed by atoms with Gasteiger partial charge in [-0.3, -0.25) is 4.79 Å². The number of hydrogen-bond acceptors (Lipinski definition) is 5. The molecule has 1 atom stereocenters. The van der Waals surface area contributed by atoms with E-state index in [2.05, 4.69) is 29.3 Å². The largest absolute Gasteiger partial charge is 0.496 e. The molecule has 2 aromatic carbocycles. The molecule has 224 valence electrons. The number of amides is 3. The maximum Gasteiger partial charge on any atom is 0.344 e. The second kappa shape index (κ2) is 15.6. The van der Waals surface area contributed by atoms with Crippen LogP contribution in [-0.4, -0.2) is 62.4 Å². The molecular weight excluding hydrogens is 528 g/mol. The normalized spacial score (nSPS) is 15.9. The molecule has 0 radical (unpaired) electrons. The van der Waals surface area contributed by atoms with Crippen molar-refractivity contribution in [2.75, 3.05) is 27.8 Å². The van der Waals surface area contributed by atoms with E-state index in [0.29, 0.717) is 30.0 Å². The Hall–Kier alpha value is -4.33. The number of carbonyl (C=O) groups excluding carboxylic acids is 2. The maximum atomic E-state index is 13.7. The van der Waals surface area contributed by atoms with Crippen LogP contribution in [-0.2, 0) is 0 Å². The Morgan fingerprint density at radius 1 is 1.10 bits per heavy atom. The quantitative estimate of drug-likeness (QED) is 0.174. The summed E-state index contributed by atoms with van der Waals surface area (Å²) in [5, 5.41) is 8.11. The van der Waals surface area contributed by atoms with Crippen LogP contribution in [0.4, 0.5) is 4.79 Å². The van der Waals surface area contributed by atoms with Gasteiger partial charge in [0.1, 0.15) is 11.5 Å². The molecule has 0 aliphatic carbocycles. The highest BCUT2D eigenvalue weighted by atomic mass is 16.5. The van der Waals surface area contributed by atoms with E-state index in [-0.39, 0.29) is 18.0 Å². The van der Waals surface area contributed by atoms with Crippen LogP contribution in [0.2, 0.25) is 0 Å². The van der Waals surface area contributed by atoms with Gasteiger partial charge in [-0.1, -0.05) is 55.0 Å². The predicted octanol–water partition coefficient (Wildman–Crippen LogP) is 7.29. The molecule has 0 saturated carbocycles. The molecule has 1 aliphatic rings. The second-order valence-electron chi connectivity index (χ2n) is 10.1. The Morgan fingerprint density at radius 3 is 2.29 bits per heavy atom. The minimum Gasteiger partial charge on any atom is -0.496 e.